The summed E-state index contributed by atoms with van der Waals surface area (Å²) in [6, 6.07) is 7.78. The van der Waals surface area contributed by atoms with Gasteiger partial charge in [-0.1, -0.05) is 18.2 Å². The van der Waals surface area contributed by atoms with Crippen molar-refractivity contribution in [3.8, 4) is 0 Å². The van der Waals surface area contributed by atoms with E-state index in [4.69, 9.17) is 4.74 Å². The molecule has 0 bridgehead atoms. The first-order valence-electron chi connectivity index (χ1n) is 7.32. The quantitative estimate of drug-likeness (QED) is 0.704. The van der Waals surface area contributed by atoms with Gasteiger partial charge in [0, 0.05) is 39.9 Å². The molecule has 1 aromatic rings. The SMILES string of the molecule is COCCCN(C)S(=O)(=O)c1ccccc1CNC1CC1. The summed E-state index contributed by atoms with van der Waals surface area (Å²) in [4.78, 5) is 0.401. The third-order valence-electron chi connectivity index (χ3n) is 3.64. The Labute approximate surface area is 127 Å². The molecule has 0 amide bonds. The zero-order valence-corrected chi connectivity index (χ0v) is 13.5. The van der Waals surface area contributed by atoms with Gasteiger partial charge in [0.25, 0.3) is 0 Å². The van der Waals surface area contributed by atoms with E-state index in [1.165, 1.54) is 17.1 Å². The van der Waals surface area contributed by atoms with Gasteiger partial charge in [0.1, 0.15) is 0 Å². The monoisotopic (exact) mass is 312 g/mol. The second-order valence-electron chi connectivity index (χ2n) is 5.44. The molecule has 0 aromatic heterocycles. The number of hydrogen-bond donors (Lipinski definition) is 1. The van der Waals surface area contributed by atoms with Crippen molar-refractivity contribution in [2.45, 2.75) is 36.7 Å². The Kier molecular flexibility index (Phi) is 5.75. The van der Waals surface area contributed by atoms with Crippen molar-refractivity contribution in [3.05, 3.63) is 29.8 Å². The lowest BCUT2D eigenvalue weighted by atomic mass is 10.2. The number of benzene rings is 1. The topological polar surface area (TPSA) is 58.6 Å². The van der Waals surface area contributed by atoms with E-state index < -0.39 is 10.0 Å². The summed E-state index contributed by atoms with van der Waals surface area (Å²) >= 11 is 0. The van der Waals surface area contributed by atoms with Crippen LogP contribution in [0, 0.1) is 0 Å². The van der Waals surface area contributed by atoms with Crippen LogP contribution in [0.4, 0.5) is 0 Å². The molecule has 1 saturated carbocycles. The molecule has 5 nitrogen and oxygen atoms in total. The van der Waals surface area contributed by atoms with Gasteiger partial charge in [0.15, 0.2) is 0 Å². The Bertz CT molecular complexity index is 556. The van der Waals surface area contributed by atoms with E-state index in [-0.39, 0.29) is 0 Å². The predicted molar refractivity (Wildman–Crippen MR) is 82.6 cm³/mol. The maximum absolute atomic E-state index is 12.7. The first-order chi connectivity index (χ1) is 10.1. The van der Waals surface area contributed by atoms with Gasteiger partial charge in [-0.15, -0.1) is 0 Å². The number of sulfonamides is 1. The minimum absolute atomic E-state index is 0.401. The van der Waals surface area contributed by atoms with Crippen molar-refractivity contribution in [3.63, 3.8) is 0 Å². The molecule has 0 saturated heterocycles. The number of nitrogens with one attached hydrogen (secondary N) is 1. The van der Waals surface area contributed by atoms with E-state index in [2.05, 4.69) is 5.32 Å². The van der Waals surface area contributed by atoms with Crippen LogP contribution in [0.25, 0.3) is 0 Å². The summed E-state index contributed by atoms with van der Waals surface area (Å²) in [5.41, 5.74) is 0.836. The highest BCUT2D eigenvalue weighted by Gasteiger charge is 2.25. The van der Waals surface area contributed by atoms with Crippen LogP contribution in [-0.4, -0.2) is 46.1 Å². The minimum Gasteiger partial charge on any atom is -0.385 e. The first-order valence-corrected chi connectivity index (χ1v) is 8.76. The number of rotatable bonds is 9. The van der Waals surface area contributed by atoms with Gasteiger partial charge in [-0.3, -0.25) is 0 Å². The number of hydrogen-bond acceptors (Lipinski definition) is 4. The standard InChI is InChI=1S/C15H24N2O3S/c1-17(10-5-11-20-2)21(18,19)15-7-4-3-6-13(15)12-16-14-8-9-14/h3-4,6-7,14,16H,5,8-12H2,1-2H3. The van der Waals surface area contributed by atoms with Crippen LogP contribution in [0.15, 0.2) is 29.2 Å². The third-order valence-corrected chi connectivity index (χ3v) is 5.60. The molecule has 0 aliphatic heterocycles. The van der Waals surface area contributed by atoms with Gasteiger partial charge in [-0.2, -0.15) is 0 Å². The Morgan fingerprint density at radius 3 is 2.71 bits per heavy atom. The fourth-order valence-electron chi connectivity index (χ4n) is 2.16. The molecule has 118 valence electrons. The predicted octanol–water partition coefficient (Wildman–Crippen LogP) is 1.60. The van der Waals surface area contributed by atoms with Gasteiger partial charge in [-0.25, -0.2) is 12.7 Å². The smallest absolute Gasteiger partial charge is 0.243 e. The lowest BCUT2D eigenvalue weighted by molar-refractivity contribution is 0.189. The Hall–Kier alpha value is -0.950. The van der Waals surface area contributed by atoms with E-state index in [0.717, 1.165) is 5.56 Å². The summed E-state index contributed by atoms with van der Waals surface area (Å²) in [6.45, 7) is 1.62. The molecule has 2 rings (SSSR count). The molecule has 1 N–H and O–H groups in total. The van der Waals surface area contributed by atoms with Crippen molar-refractivity contribution >= 4 is 10.0 Å². The Morgan fingerprint density at radius 1 is 1.33 bits per heavy atom. The van der Waals surface area contributed by atoms with Crippen molar-refractivity contribution < 1.29 is 13.2 Å². The lowest BCUT2D eigenvalue weighted by Crippen LogP contribution is -2.30. The molecule has 1 aliphatic rings. The summed E-state index contributed by atoms with van der Waals surface area (Å²) < 4.78 is 31.7. The van der Waals surface area contributed by atoms with Crippen LogP contribution < -0.4 is 5.32 Å². The zero-order chi connectivity index (χ0) is 15.3. The zero-order valence-electron chi connectivity index (χ0n) is 12.7. The first kappa shape index (κ1) is 16.4. The molecule has 21 heavy (non-hydrogen) atoms. The average molecular weight is 312 g/mol. The number of nitrogens with zero attached hydrogens (tertiary/aromatic N) is 1. The molecular formula is C15H24N2O3S. The van der Waals surface area contributed by atoms with Gasteiger partial charge < -0.3 is 10.1 Å². The minimum atomic E-state index is -3.44. The second-order valence-corrected chi connectivity index (χ2v) is 7.45. The van der Waals surface area contributed by atoms with Crippen molar-refractivity contribution in [1.29, 1.82) is 0 Å². The Morgan fingerprint density at radius 2 is 2.05 bits per heavy atom. The number of ether oxygens (including phenoxy) is 1. The fourth-order valence-corrected chi connectivity index (χ4v) is 3.59. The lowest BCUT2D eigenvalue weighted by Gasteiger charge is -2.19. The maximum atomic E-state index is 12.7. The summed E-state index contributed by atoms with van der Waals surface area (Å²) in [7, 11) is -0.200. The molecule has 0 unspecified atom stereocenters. The largest absolute Gasteiger partial charge is 0.385 e. The second kappa shape index (κ2) is 7.35. The molecule has 1 aliphatic carbocycles. The summed E-state index contributed by atoms with van der Waals surface area (Å²) in [5.74, 6) is 0. The van der Waals surface area contributed by atoms with E-state index in [9.17, 15) is 8.42 Å². The fraction of sp³-hybridized carbons (Fsp3) is 0.600. The maximum Gasteiger partial charge on any atom is 0.243 e. The summed E-state index contributed by atoms with van der Waals surface area (Å²) in [6.07, 6.45) is 3.06. The highest BCUT2D eigenvalue weighted by molar-refractivity contribution is 7.89. The van der Waals surface area contributed by atoms with E-state index in [1.54, 1.807) is 26.3 Å². The van der Waals surface area contributed by atoms with Gasteiger partial charge in [-0.05, 0) is 30.9 Å². The normalized spacial score (nSPS) is 15.6. The van der Waals surface area contributed by atoms with E-state index in [1.807, 2.05) is 12.1 Å². The van der Waals surface area contributed by atoms with Gasteiger partial charge >= 0.3 is 0 Å². The Balaban J connectivity index is 2.10. The molecule has 0 atom stereocenters. The van der Waals surface area contributed by atoms with Crippen molar-refractivity contribution in [1.82, 2.24) is 9.62 Å². The van der Waals surface area contributed by atoms with Gasteiger partial charge in [0.05, 0.1) is 4.90 Å². The highest BCUT2D eigenvalue weighted by atomic mass is 32.2. The van der Waals surface area contributed by atoms with Crippen LogP contribution in [-0.2, 0) is 21.3 Å². The molecule has 0 heterocycles. The van der Waals surface area contributed by atoms with Crippen molar-refractivity contribution in [2.75, 3.05) is 27.3 Å². The van der Waals surface area contributed by atoms with Crippen LogP contribution in [0.2, 0.25) is 0 Å². The van der Waals surface area contributed by atoms with E-state index in [0.29, 0.717) is 37.1 Å². The van der Waals surface area contributed by atoms with E-state index >= 15 is 0 Å². The van der Waals surface area contributed by atoms with Crippen molar-refractivity contribution in [2.24, 2.45) is 0 Å². The molecule has 1 aromatic carbocycles. The van der Waals surface area contributed by atoms with Crippen LogP contribution in [0.1, 0.15) is 24.8 Å². The summed E-state index contributed by atoms with van der Waals surface area (Å²) in [5, 5.41) is 3.37. The third kappa shape index (κ3) is 4.51. The molecule has 0 radical (unpaired) electrons. The molecular weight excluding hydrogens is 288 g/mol. The average Bonchev–Trinajstić information content (AvgIpc) is 3.29. The van der Waals surface area contributed by atoms with Crippen LogP contribution in [0.5, 0.6) is 0 Å². The highest BCUT2D eigenvalue weighted by Crippen LogP contribution is 2.23. The molecule has 1 fully saturated rings. The molecule has 6 heteroatoms. The number of methoxy groups -OCH3 is 1. The van der Waals surface area contributed by atoms with Crippen LogP contribution >= 0.6 is 0 Å². The van der Waals surface area contributed by atoms with Crippen LogP contribution in [0.3, 0.4) is 0 Å². The molecule has 0 spiro atoms. The van der Waals surface area contributed by atoms with Gasteiger partial charge in [0.2, 0.25) is 10.0 Å².